The van der Waals surface area contributed by atoms with Gasteiger partial charge in [-0.25, -0.2) is 18.1 Å². The lowest BCUT2D eigenvalue weighted by Gasteiger charge is -2.02. The van der Waals surface area contributed by atoms with E-state index in [-0.39, 0.29) is 5.03 Å². The van der Waals surface area contributed by atoms with Gasteiger partial charge in [0.25, 0.3) is 10.0 Å². The minimum absolute atomic E-state index is 0.108. The molecule has 1 heterocycles. The highest BCUT2D eigenvalue weighted by atomic mass is 79.9. The van der Waals surface area contributed by atoms with Crippen molar-refractivity contribution in [2.75, 3.05) is 11.9 Å². The number of aromatic amines is 1. The fourth-order valence-corrected chi connectivity index (χ4v) is 2.27. The first-order valence-electron chi connectivity index (χ1n) is 4.21. The number of imidazole rings is 1. The number of aromatic nitrogens is 2. The number of hydrogen-bond donors (Lipinski definition) is 2. The van der Waals surface area contributed by atoms with E-state index in [4.69, 9.17) is 0 Å². The summed E-state index contributed by atoms with van der Waals surface area (Å²) in [6.07, 6.45) is 4.39. The summed E-state index contributed by atoms with van der Waals surface area (Å²) in [5.41, 5.74) is 0. The number of alkyl halides is 1. The third kappa shape index (κ3) is 3.39. The molecule has 0 amide bonds. The van der Waals surface area contributed by atoms with Crippen molar-refractivity contribution in [3.63, 3.8) is 0 Å². The lowest BCUT2D eigenvalue weighted by molar-refractivity contribution is 0.575. The first-order chi connectivity index (χ1) is 6.67. The standard InChI is InChI=1S/C7H12BrN3O2S/c8-3-1-2-4-11-14(12,13)7-5-9-6-10-7/h5-6,11H,1-4H2,(H,9,10). The second-order valence-electron chi connectivity index (χ2n) is 2.71. The van der Waals surface area contributed by atoms with Crippen LogP contribution in [0.15, 0.2) is 17.6 Å². The lowest BCUT2D eigenvalue weighted by Crippen LogP contribution is -2.25. The van der Waals surface area contributed by atoms with E-state index in [2.05, 4.69) is 30.6 Å². The number of hydrogen-bond acceptors (Lipinski definition) is 3. The van der Waals surface area contributed by atoms with Gasteiger partial charge in [0.05, 0.1) is 12.5 Å². The van der Waals surface area contributed by atoms with E-state index in [1.165, 1.54) is 12.5 Å². The van der Waals surface area contributed by atoms with Crippen molar-refractivity contribution in [3.8, 4) is 0 Å². The summed E-state index contributed by atoms with van der Waals surface area (Å²) >= 11 is 3.28. The minimum atomic E-state index is -3.38. The van der Waals surface area contributed by atoms with Crippen LogP contribution in [-0.2, 0) is 10.0 Å². The molecule has 0 fully saturated rings. The fraction of sp³-hybridized carbons (Fsp3) is 0.571. The van der Waals surface area contributed by atoms with Gasteiger partial charge >= 0.3 is 0 Å². The first kappa shape index (κ1) is 11.7. The van der Waals surface area contributed by atoms with Crippen molar-refractivity contribution >= 4 is 26.0 Å². The molecule has 0 saturated heterocycles. The average Bonchev–Trinajstić information content (AvgIpc) is 2.65. The number of halogens is 1. The zero-order chi connectivity index (χ0) is 10.4. The molecule has 80 valence electrons. The Balaban J connectivity index is 2.44. The van der Waals surface area contributed by atoms with Gasteiger partial charge in [0, 0.05) is 11.9 Å². The first-order valence-corrected chi connectivity index (χ1v) is 6.81. The van der Waals surface area contributed by atoms with E-state index in [1.807, 2.05) is 0 Å². The van der Waals surface area contributed by atoms with E-state index >= 15 is 0 Å². The maximum Gasteiger partial charge on any atom is 0.257 e. The van der Waals surface area contributed by atoms with Crippen molar-refractivity contribution in [2.45, 2.75) is 17.9 Å². The van der Waals surface area contributed by atoms with Crippen LogP contribution in [0.25, 0.3) is 0 Å². The molecule has 0 spiro atoms. The van der Waals surface area contributed by atoms with Crippen LogP contribution in [-0.4, -0.2) is 30.3 Å². The topological polar surface area (TPSA) is 74.8 Å². The molecule has 0 aliphatic carbocycles. The molecule has 14 heavy (non-hydrogen) atoms. The number of rotatable bonds is 6. The summed E-state index contributed by atoms with van der Waals surface area (Å²) in [7, 11) is -3.38. The summed E-state index contributed by atoms with van der Waals surface area (Å²) in [4.78, 5) is 6.20. The van der Waals surface area contributed by atoms with Gasteiger partial charge in [-0.2, -0.15) is 0 Å². The molecule has 1 aromatic rings. The normalized spacial score (nSPS) is 11.8. The van der Waals surface area contributed by atoms with Gasteiger partial charge in [0.2, 0.25) is 0 Å². The summed E-state index contributed by atoms with van der Waals surface area (Å²) in [6.45, 7) is 0.451. The molecule has 0 unspecified atom stereocenters. The van der Waals surface area contributed by atoms with Gasteiger partial charge < -0.3 is 4.98 Å². The van der Waals surface area contributed by atoms with E-state index in [9.17, 15) is 8.42 Å². The number of nitrogens with zero attached hydrogens (tertiary/aromatic N) is 1. The number of nitrogens with one attached hydrogen (secondary N) is 2. The quantitative estimate of drug-likeness (QED) is 0.600. The van der Waals surface area contributed by atoms with Crippen LogP contribution in [0.3, 0.4) is 0 Å². The Labute approximate surface area is 91.5 Å². The smallest absolute Gasteiger partial charge is 0.257 e. The Morgan fingerprint density at radius 1 is 1.50 bits per heavy atom. The summed E-state index contributed by atoms with van der Waals surface area (Å²) in [6, 6.07) is 0. The minimum Gasteiger partial charge on any atom is -0.335 e. The summed E-state index contributed by atoms with van der Waals surface area (Å²) < 4.78 is 25.4. The van der Waals surface area contributed by atoms with Gasteiger partial charge in [-0.1, -0.05) is 15.9 Å². The van der Waals surface area contributed by atoms with Crippen molar-refractivity contribution in [1.82, 2.24) is 14.7 Å². The largest absolute Gasteiger partial charge is 0.335 e. The Morgan fingerprint density at radius 2 is 2.29 bits per heavy atom. The summed E-state index contributed by atoms with van der Waals surface area (Å²) in [5, 5.41) is 0.995. The number of sulfonamides is 1. The maximum absolute atomic E-state index is 11.5. The monoisotopic (exact) mass is 281 g/mol. The molecular weight excluding hydrogens is 270 g/mol. The molecule has 7 heteroatoms. The molecule has 0 saturated carbocycles. The molecule has 0 aliphatic heterocycles. The van der Waals surface area contributed by atoms with E-state index in [1.54, 1.807) is 0 Å². The van der Waals surface area contributed by atoms with Gasteiger partial charge in [0.1, 0.15) is 0 Å². The molecule has 5 nitrogen and oxygen atoms in total. The Hall–Kier alpha value is -0.400. The third-order valence-electron chi connectivity index (χ3n) is 1.62. The van der Waals surface area contributed by atoms with E-state index in [0.29, 0.717) is 6.54 Å². The third-order valence-corrected chi connectivity index (χ3v) is 3.56. The van der Waals surface area contributed by atoms with Crippen molar-refractivity contribution in [3.05, 3.63) is 12.5 Å². The lowest BCUT2D eigenvalue weighted by atomic mass is 10.3. The predicted molar refractivity (Wildman–Crippen MR) is 56.8 cm³/mol. The highest BCUT2D eigenvalue weighted by Crippen LogP contribution is 2.02. The van der Waals surface area contributed by atoms with Crippen molar-refractivity contribution in [2.24, 2.45) is 0 Å². The van der Waals surface area contributed by atoms with Gasteiger partial charge in [-0.05, 0) is 12.8 Å². The molecule has 2 N–H and O–H groups in total. The molecule has 0 radical (unpaired) electrons. The Morgan fingerprint density at radius 3 is 2.86 bits per heavy atom. The van der Waals surface area contributed by atoms with Crippen molar-refractivity contribution < 1.29 is 8.42 Å². The van der Waals surface area contributed by atoms with Crippen LogP contribution in [0, 0.1) is 0 Å². The van der Waals surface area contributed by atoms with Crippen LogP contribution >= 0.6 is 15.9 Å². The average molecular weight is 282 g/mol. The van der Waals surface area contributed by atoms with Crippen LogP contribution in [0.5, 0.6) is 0 Å². The highest BCUT2D eigenvalue weighted by Gasteiger charge is 2.13. The predicted octanol–water partition coefficient (Wildman–Crippen LogP) is 0.863. The fourth-order valence-electron chi connectivity index (χ4n) is 0.894. The van der Waals surface area contributed by atoms with Crippen LogP contribution < -0.4 is 4.72 Å². The Bertz CT molecular complexity index is 349. The summed E-state index contributed by atoms with van der Waals surface area (Å²) in [5.74, 6) is 0. The molecule has 0 aliphatic rings. The van der Waals surface area contributed by atoms with Gasteiger partial charge in [-0.15, -0.1) is 0 Å². The zero-order valence-corrected chi connectivity index (χ0v) is 9.94. The molecule has 0 atom stereocenters. The van der Waals surface area contributed by atoms with Gasteiger partial charge in [-0.3, -0.25) is 0 Å². The molecule has 0 aromatic carbocycles. The van der Waals surface area contributed by atoms with Crippen LogP contribution in [0.4, 0.5) is 0 Å². The molecule has 1 aromatic heterocycles. The maximum atomic E-state index is 11.5. The van der Waals surface area contributed by atoms with Crippen molar-refractivity contribution in [1.29, 1.82) is 0 Å². The highest BCUT2D eigenvalue weighted by molar-refractivity contribution is 9.09. The number of unbranched alkanes of at least 4 members (excludes halogenated alkanes) is 1. The SMILES string of the molecule is O=S(=O)(NCCCCBr)c1cnc[nH]1. The second-order valence-corrected chi connectivity index (χ2v) is 5.24. The Kier molecular flexibility index (Phi) is 4.56. The molecule has 0 bridgehead atoms. The second kappa shape index (κ2) is 5.47. The zero-order valence-electron chi connectivity index (χ0n) is 7.53. The van der Waals surface area contributed by atoms with Crippen LogP contribution in [0.2, 0.25) is 0 Å². The van der Waals surface area contributed by atoms with Crippen LogP contribution in [0.1, 0.15) is 12.8 Å². The van der Waals surface area contributed by atoms with E-state index < -0.39 is 10.0 Å². The molecular formula is C7H12BrN3O2S. The molecule has 1 rings (SSSR count). The van der Waals surface area contributed by atoms with E-state index in [0.717, 1.165) is 18.2 Å². The number of H-pyrrole nitrogens is 1. The van der Waals surface area contributed by atoms with Gasteiger partial charge in [0.15, 0.2) is 5.03 Å².